The number of carbonyl (C=O) groups is 2. The number of Topliss-reactive ketones (excluding diaryl/α,β-unsaturated/α-hetero) is 1. The highest BCUT2D eigenvalue weighted by Gasteiger charge is 2.21. The first-order chi connectivity index (χ1) is 14.1. The minimum Gasteiger partial charge on any atom is -0.479 e. The zero-order valence-electron chi connectivity index (χ0n) is 18.7. The average molecular weight is 405 g/mol. The maximum absolute atomic E-state index is 12.3. The molecule has 4 nitrogen and oxygen atoms in total. The van der Waals surface area contributed by atoms with Crippen molar-refractivity contribution in [2.75, 3.05) is 6.61 Å². The molecule has 29 heavy (non-hydrogen) atoms. The van der Waals surface area contributed by atoms with E-state index in [0.29, 0.717) is 25.2 Å². The Kier molecular flexibility index (Phi) is 13.9. The average Bonchev–Trinajstić information content (AvgIpc) is 2.69. The summed E-state index contributed by atoms with van der Waals surface area (Å²) in [4.78, 5) is 23.5. The summed E-state index contributed by atoms with van der Waals surface area (Å²) in [6.45, 7) is 5.99. The van der Waals surface area contributed by atoms with Crippen LogP contribution in [0.3, 0.4) is 0 Å². The third-order valence-electron chi connectivity index (χ3n) is 5.02. The summed E-state index contributed by atoms with van der Waals surface area (Å²) < 4.78 is 11.1. The van der Waals surface area contributed by atoms with Crippen LogP contribution in [-0.4, -0.2) is 24.5 Å². The van der Waals surface area contributed by atoms with Gasteiger partial charge in [0, 0.05) is 6.42 Å². The molecule has 0 N–H and O–H groups in total. The first-order valence-corrected chi connectivity index (χ1v) is 11.5. The van der Waals surface area contributed by atoms with Gasteiger partial charge in [0.05, 0.1) is 6.61 Å². The molecular formula is C25H40O4. The second-order valence-corrected chi connectivity index (χ2v) is 7.85. The highest BCUT2D eigenvalue weighted by Crippen LogP contribution is 2.19. The standard InChI is InChI=1S/C25H40O4/c1-4-6-7-8-9-10-11-12-13-14-15-24(25(27)28-5-2)29-23-18-16-22(17-19-23)20-21(3)26/h16-19,24H,4-15,20H2,1-3H3. The van der Waals surface area contributed by atoms with E-state index in [1.54, 1.807) is 6.92 Å². The molecule has 0 saturated carbocycles. The van der Waals surface area contributed by atoms with E-state index in [1.165, 1.54) is 51.4 Å². The molecule has 164 valence electrons. The Morgan fingerprint density at radius 1 is 0.828 bits per heavy atom. The predicted molar refractivity (Wildman–Crippen MR) is 118 cm³/mol. The van der Waals surface area contributed by atoms with Crippen LogP contribution in [0.1, 0.15) is 97.0 Å². The lowest BCUT2D eigenvalue weighted by molar-refractivity contribution is -0.151. The van der Waals surface area contributed by atoms with Gasteiger partial charge in [0.15, 0.2) is 6.10 Å². The molecule has 1 atom stereocenters. The molecule has 0 bridgehead atoms. The van der Waals surface area contributed by atoms with Crippen LogP contribution in [0.2, 0.25) is 0 Å². The van der Waals surface area contributed by atoms with E-state index in [-0.39, 0.29) is 11.8 Å². The van der Waals surface area contributed by atoms with Crippen LogP contribution in [0.15, 0.2) is 24.3 Å². The normalized spacial score (nSPS) is 11.8. The Bertz CT molecular complexity index is 565. The van der Waals surface area contributed by atoms with Gasteiger partial charge >= 0.3 is 5.97 Å². The van der Waals surface area contributed by atoms with Crippen molar-refractivity contribution in [1.29, 1.82) is 0 Å². The van der Waals surface area contributed by atoms with Crippen LogP contribution in [0.25, 0.3) is 0 Å². The van der Waals surface area contributed by atoms with Gasteiger partial charge in [0.25, 0.3) is 0 Å². The fourth-order valence-electron chi connectivity index (χ4n) is 3.41. The van der Waals surface area contributed by atoms with Crippen molar-refractivity contribution < 1.29 is 19.1 Å². The highest BCUT2D eigenvalue weighted by atomic mass is 16.6. The monoisotopic (exact) mass is 404 g/mol. The van der Waals surface area contributed by atoms with Crippen LogP contribution in [-0.2, 0) is 20.7 Å². The van der Waals surface area contributed by atoms with Gasteiger partial charge in [-0.1, -0.05) is 76.8 Å². The number of esters is 1. The van der Waals surface area contributed by atoms with Crippen LogP contribution in [0.5, 0.6) is 5.75 Å². The Balaban J connectivity index is 2.35. The van der Waals surface area contributed by atoms with E-state index < -0.39 is 6.10 Å². The molecule has 1 rings (SSSR count). The Morgan fingerprint density at radius 2 is 1.38 bits per heavy atom. The van der Waals surface area contributed by atoms with E-state index in [2.05, 4.69) is 6.92 Å². The molecule has 1 aromatic carbocycles. The Hall–Kier alpha value is -1.84. The smallest absolute Gasteiger partial charge is 0.347 e. The number of carbonyl (C=O) groups excluding carboxylic acids is 2. The molecule has 0 fully saturated rings. The number of hydrogen-bond donors (Lipinski definition) is 0. The molecule has 4 heteroatoms. The number of benzene rings is 1. The third-order valence-corrected chi connectivity index (χ3v) is 5.02. The second-order valence-electron chi connectivity index (χ2n) is 7.85. The lowest BCUT2D eigenvalue weighted by atomic mass is 10.0. The maximum Gasteiger partial charge on any atom is 0.347 e. The van der Waals surface area contributed by atoms with Gasteiger partial charge in [-0.05, 0) is 44.4 Å². The molecule has 1 aromatic rings. The maximum atomic E-state index is 12.3. The minimum absolute atomic E-state index is 0.129. The van der Waals surface area contributed by atoms with Gasteiger partial charge in [-0.2, -0.15) is 0 Å². The third kappa shape index (κ3) is 12.4. The molecule has 0 aromatic heterocycles. The fraction of sp³-hybridized carbons (Fsp3) is 0.680. The number of rotatable bonds is 17. The zero-order chi connectivity index (χ0) is 21.3. The molecule has 0 amide bonds. The van der Waals surface area contributed by atoms with Gasteiger partial charge < -0.3 is 9.47 Å². The summed E-state index contributed by atoms with van der Waals surface area (Å²) in [5.74, 6) is 0.475. The molecular weight excluding hydrogens is 364 g/mol. The van der Waals surface area contributed by atoms with Gasteiger partial charge in [-0.15, -0.1) is 0 Å². The summed E-state index contributed by atoms with van der Waals surface area (Å²) in [6.07, 6.45) is 13.1. The predicted octanol–water partition coefficient (Wildman–Crippen LogP) is 6.44. The van der Waals surface area contributed by atoms with E-state index in [0.717, 1.165) is 18.4 Å². The largest absolute Gasteiger partial charge is 0.479 e. The minimum atomic E-state index is -0.567. The highest BCUT2D eigenvalue weighted by molar-refractivity contribution is 5.78. The molecule has 0 aliphatic rings. The van der Waals surface area contributed by atoms with Crippen molar-refractivity contribution in [3.05, 3.63) is 29.8 Å². The van der Waals surface area contributed by atoms with Gasteiger partial charge in [0.1, 0.15) is 11.5 Å². The van der Waals surface area contributed by atoms with E-state index in [4.69, 9.17) is 9.47 Å². The lowest BCUT2D eigenvalue weighted by Crippen LogP contribution is -2.29. The fourth-order valence-corrected chi connectivity index (χ4v) is 3.41. The van der Waals surface area contributed by atoms with Crippen molar-refractivity contribution in [1.82, 2.24) is 0 Å². The molecule has 0 aliphatic heterocycles. The van der Waals surface area contributed by atoms with Crippen LogP contribution in [0.4, 0.5) is 0 Å². The summed E-state index contributed by atoms with van der Waals surface area (Å²) in [6, 6.07) is 7.39. The molecule has 0 saturated heterocycles. The van der Waals surface area contributed by atoms with E-state index in [1.807, 2.05) is 31.2 Å². The van der Waals surface area contributed by atoms with Gasteiger partial charge in [-0.25, -0.2) is 4.79 Å². The van der Waals surface area contributed by atoms with Crippen LogP contribution in [0, 0.1) is 0 Å². The van der Waals surface area contributed by atoms with Crippen molar-refractivity contribution in [3.8, 4) is 5.75 Å². The van der Waals surface area contributed by atoms with Crippen molar-refractivity contribution >= 4 is 11.8 Å². The number of hydrogen-bond acceptors (Lipinski definition) is 4. The quantitative estimate of drug-likeness (QED) is 0.221. The Labute approximate surface area is 177 Å². The summed E-state index contributed by atoms with van der Waals surface area (Å²) >= 11 is 0. The zero-order valence-corrected chi connectivity index (χ0v) is 18.7. The summed E-state index contributed by atoms with van der Waals surface area (Å²) in [5.41, 5.74) is 0.951. The number of ether oxygens (including phenoxy) is 2. The number of unbranched alkanes of at least 4 members (excludes halogenated alkanes) is 9. The first-order valence-electron chi connectivity index (χ1n) is 11.5. The molecule has 0 radical (unpaired) electrons. The topological polar surface area (TPSA) is 52.6 Å². The van der Waals surface area contributed by atoms with Crippen LogP contribution >= 0.6 is 0 Å². The first kappa shape index (κ1) is 25.2. The van der Waals surface area contributed by atoms with E-state index in [9.17, 15) is 9.59 Å². The lowest BCUT2D eigenvalue weighted by Gasteiger charge is -2.18. The van der Waals surface area contributed by atoms with Gasteiger partial charge in [0.2, 0.25) is 0 Å². The van der Waals surface area contributed by atoms with Crippen LogP contribution < -0.4 is 4.74 Å². The summed E-state index contributed by atoms with van der Waals surface area (Å²) in [7, 11) is 0. The van der Waals surface area contributed by atoms with E-state index >= 15 is 0 Å². The van der Waals surface area contributed by atoms with Crippen molar-refractivity contribution in [2.24, 2.45) is 0 Å². The Morgan fingerprint density at radius 3 is 1.90 bits per heavy atom. The van der Waals surface area contributed by atoms with Gasteiger partial charge in [-0.3, -0.25) is 4.79 Å². The molecule has 0 aliphatic carbocycles. The molecule has 1 unspecified atom stereocenters. The SMILES string of the molecule is CCCCCCCCCCCCC(Oc1ccc(CC(C)=O)cc1)C(=O)OCC. The van der Waals surface area contributed by atoms with Crippen molar-refractivity contribution in [3.63, 3.8) is 0 Å². The number of ketones is 1. The summed E-state index contributed by atoms with van der Waals surface area (Å²) in [5, 5.41) is 0. The second kappa shape index (κ2) is 16.0. The molecule has 0 heterocycles. The van der Waals surface area contributed by atoms with Crippen molar-refractivity contribution in [2.45, 2.75) is 104 Å². The molecule has 0 spiro atoms.